The molecule has 3 N–H and O–H groups in total. The smallest absolute Gasteiger partial charge is 0.261 e. The second kappa shape index (κ2) is 7.72. The van der Waals surface area contributed by atoms with Crippen LogP contribution in [0.15, 0.2) is 90.0 Å². The van der Waals surface area contributed by atoms with E-state index >= 15 is 0 Å². The molecule has 5 aromatic rings. The number of nitrogens with zero attached hydrogens (tertiary/aromatic N) is 4. The van der Waals surface area contributed by atoms with Crippen LogP contribution < -0.4 is 11.1 Å². The normalized spacial score (nSPS) is 11.4. The standard InChI is InChI=1S/C24H18N6O/c25-22-20(24(31)27-17-11-5-2-6-12-17)21-23(29-19-14-8-7-13-18(19)28-21)30(22)26-15-16-9-3-1-4-10-16/h1-15H,25H2,(H,27,31)/b26-15-. The molecule has 7 nitrogen and oxygen atoms in total. The van der Waals surface area contributed by atoms with Gasteiger partial charge in [-0.25, -0.2) is 9.97 Å². The van der Waals surface area contributed by atoms with E-state index < -0.39 is 0 Å². The Hall–Kier alpha value is -4.52. The molecule has 150 valence electrons. The Kier molecular flexibility index (Phi) is 4.61. The minimum absolute atomic E-state index is 0.172. The Morgan fingerprint density at radius 1 is 0.871 bits per heavy atom. The number of hydrogen-bond donors (Lipinski definition) is 2. The fourth-order valence-electron chi connectivity index (χ4n) is 3.37. The highest BCUT2D eigenvalue weighted by molar-refractivity contribution is 6.16. The van der Waals surface area contributed by atoms with Crippen LogP contribution in [0.4, 0.5) is 11.5 Å². The Morgan fingerprint density at radius 3 is 2.19 bits per heavy atom. The average Bonchev–Trinajstić information content (AvgIpc) is 3.07. The number of anilines is 2. The van der Waals surface area contributed by atoms with Crippen molar-refractivity contribution < 1.29 is 4.79 Å². The van der Waals surface area contributed by atoms with Gasteiger partial charge in [0, 0.05) is 5.69 Å². The lowest BCUT2D eigenvalue weighted by Gasteiger charge is -2.05. The summed E-state index contributed by atoms with van der Waals surface area (Å²) in [4.78, 5) is 22.5. The molecule has 2 heterocycles. The van der Waals surface area contributed by atoms with E-state index in [9.17, 15) is 4.79 Å². The van der Waals surface area contributed by atoms with Crippen molar-refractivity contribution >= 4 is 45.8 Å². The molecule has 0 saturated carbocycles. The highest BCUT2D eigenvalue weighted by atomic mass is 16.1. The summed E-state index contributed by atoms with van der Waals surface area (Å²) in [6, 6.07) is 26.3. The van der Waals surface area contributed by atoms with Gasteiger partial charge in [0.25, 0.3) is 5.91 Å². The van der Waals surface area contributed by atoms with Crippen LogP contribution in [0.1, 0.15) is 15.9 Å². The SMILES string of the molecule is Nc1c(C(=O)Nc2ccccc2)c2nc3ccccc3nc2n1/N=C\c1ccccc1. The number of aromatic nitrogens is 3. The van der Waals surface area contributed by atoms with Crippen LogP contribution >= 0.6 is 0 Å². The molecule has 2 aromatic heterocycles. The number of nitrogen functional groups attached to an aromatic ring is 1. The van der Waals surface area contributed by atoms with Crippen molar-refractivity contribution in [1.29, 1.82) is 0 Å². The summed E-state index contributed by atoms with van der Waals surface area (Å²) < 4.78 is 1.46. The van der Waals surface area contributed by atoms with Crippen molar-refractivity contribution in [2.75, 3.05) is 11.1 Å². The fourth-order valence-corrected chi connectivity index (χ4v) is 3.37. The van der Waals surface area contributed by atoms with Gasteiger partial charge in [0.1, 0.15) is 16.9 Å². The molecule has 0 spiro atoms. The van der Waals surface area contributed by atoms with Gasteiger partial charge >= 0.3 is 0 Å². The second-order valence-electron chi connectivity index (χ2n) is 6.93. The number of hydrogen-bond acceptors (Lipinski definition) is 5. The molecule has 3 aromatic carbocycles. The molecule has 0 aliphatic carbocycles. The number of nitrogens with one attached hydrogen (secondary N) is 1. The van der Waals surface area contributed by atoms with Gasteiger partial charge in [-0.05, 0) is 29.8 Å². The number of para-hydroxylation sites is 3. The van der Waals surface area contributed by atoms with Gasteiger partial charge in [-0.3, -0.25) is 4.79 Å². The predicted octanol–water partition coefficient (Wildman–Crippen LogP) is 4.30. The molecule has 7 heteroatoms. The van der Waals surface area contributed by atoms with E-state index in [1.165, 1.54) is 4.68 Å². The first-order valence-corrected chi connectivity index (χ1v) is 9.73. The van der Waals surface area contributed by atoms with Gasteiger partial charge in [0.2, 0.25) is 0 Å². The van der Waals surface area contributed by atoms with Gasteiger partial charge in [-0.1, -0.05) is 60.7 Å². The van der Waals surface area contributed by atoms with E-state index in [0.717, 1.165) is 5.56 Å². The monoisotopic (exact) mass is 406 g/mol. The van der Waals surface area contributed by atoms with Crippen molar-refractivity contribution in [3.8, 4) is 0 Å². The van der Waals surface area contributed by atoms with E-state index in [1.54, 1.807) is 6.21 Å². The molecule has 0 fully saturated rings. The summed E-state index contributed by atoms with van der Waals surface area (Å²) in [7, 11) is 0. The lowest BCUT2D eigenvalue weighted by molar-refractivity contribution is 0.102. The number of amides is 1. The number of carbonyl (C=O) groups excluding carboxylic acids is 1. The number of fused-ring (bicyclic) bond motifs is 2. The lowest BCUT2D eigenvalue weighted by atomic mass is 10.2. The lowest BCUT2D eigenvalue weighted by Crippen LogP contribution is -2.14. The molecule has 1 amide bonds. The molecule has 0 aliphatic heterocycles. The Morgan fingerprint density at radius 2 is 1.48 bits per heavy atom. The average molecular weight is 406 g/mol. The molecule has 5 rings (SSSR count). The van der Waals surface area contributed by atoms with Gasteiger partial charge < -0.3 is 11.1 Å². The minimum Gasteiger partial charge on any atom is -0.383 e. The van der Waals surface area contributed by atoms with Crippen molar-refractivity contribution in [1.82, 2.24) is 14.6 Å². The third kappa shape index (κ3) is 3.49. The first-order valence-electron chi connectivity index (χ1n) is 9.73. The van der Waals surface area contributed by atoms with Crippen LogP contribution in [0.5, 0.6) is 0 Å². The van der Waals surface area contributed by atoms with E-state index in [0.29, 0.717) is 27.9 Å². The summed E-state index contributed by atoms with van der Waals surface area (Å²) in [5, 5.41) is 7.38. The molecular formula is C24H18N6O. The quantitative estimate of drug-likeness (QED) is 0.435. The highest BCUT2D eigenvalue weighted by Gasteiger charge is 2.24. The predicted molar refractivity (Wildman–Crippen MR) is 123 cm³/mol. The van der Waals surface area contributed by atoms with Crippen molar-refractivity contribution in [2.24, 2.45) is 5.10 Å². The number of benzene rings is 3. The Balaban J connectivity index is 1.68. The molecule has 0 saturated heterocycles. The topological polar surface area (TPSA) is 98.2 Å². The number of rotatable bonds is 4. The number of carbonyl (C=O) groups is 1. The van der Waals surface area contributed by atoms with Crippen LogP contribution in [0.3, 0.4) is 0 Å². The Bertz CT molecular complexity index is 1420. The molecule has 31 heavy (non-hydrogen) atoms. The molecular weight excluding hydrogens is 388 g/mol. The number of nitrogens with two attached hydrogens (primary N) is 1. The third-order valence-corrected chi connectivity index (χ3v) is 4.85. The first-order chi connectivity index (χ1) is 15.2. The van der Waals surface area contributed by atoms with Crippen LogP contribution in [-0.4, -0.2) is 26.8 Å². The zero-order valence-corrected chi connectivity index (χ0v) is 16.4. The van der Waals surface area contributed by atoms with E-state index in [-0.39, 0.29) is 17.3 Å². The molecule has 0 aliphatic rings. The zero-order chi connectivity index (χ0) is 21.2. The van der Waals surface area contributed by atoms with Crippen LogP contribution in [0.2, 0.25) is 0 Å². The summed E-state index contributed by atoms with van der Waals surface area (Å²) in [6.45, 7) is 0. The molecule has 0 radical (unpaired) electrons. The highest BCUT2D eigenvalue weighted by Crippen LogP contribution is 2.28. The molecule has 0 unspecified atom stereocenters. The van der Waals surface area contributed by atoms with Gasteiger partial charge in [0.15, 0.2) is 5.65 Å². The second-order valence-corrected chi connectivity index (χ2v) is 6.93. The zero-order valence-electron chi connectivity index (χ0n) is 16.4. The molecule has 0 atom stereocenters. The minimum atomic E-state index is -0.369. The molecule has 0 bridgehead atoms. The third-order valence-electron chi connectivity index (χ3n) is 4.85. The van der Waals surface area contributed by atoms with Crippen molar-refractivity contribution in [3.05, 3.63) is 96.1 Å². The summed E-state index contributed by atoms with van der Waals surface area (Å²) in [6.07, 6.45) is 1.67. The maximum Gasteiger partial charge on any atom is 0.261 e. The van der Waals surface area contributed by atoms with E-state index in [2.05, 4.69) is 20.4 Å². The Labute approximate surface area is 177 Å². The maximum absolute atomic E-state index is 13.1. The van der Waals surface area contributed by atoms with E-state index in [4.69, 9.17) is 5.73 Å². The summed E-state index contributed by atoms with van der Waals surface area (Å²) in [5.74, 6) is -0.196. The van der Waals surface area contributed by atoms with Gasteiger partial charge in [-0.2, -0.15) is 9.78 Å². The fraction of sp³-hybridized carbons (Fsp3) is 0. The van der Waals surface area contributed by atoms with Crippen molar-refractivity contribution in [2.45, 2.75) is 0 Å². The van der Waals surface area contributed by atoms with Crippen LogP contribution in [-0.2, 0) is 0 Å². The van der Waals surface area contributed by atoms with Crippen molar-refractivity contribution in [3.63, 3.8) is 0 Å². The van der Waals surface area contributed by atoms with Gasteiger partial charge in [0.05, 0.1) is 17.2 Å². The van der Waals surface area contributed by atoms with Crippen LogP contribution in [0, 0.1) is 0 Å². The van der Waals surface area contributed by atoms with Gasteiger partial charge in [-0.15, -0.1) is 0 Å². The summed E-state index contributed by atoms with van der Waals surface area (Å²) >= 11 is 0. The van der Waals surface area contributed by atoms with Crippen LogP contribution in [0.25, 0.3) is 22.2 Å². The maximum atomic E-state index is 13.1. The summed E-state index contributed by atoms with van der Waals surface area (Å²) in [5.41, 5.74) is 10.4. The first kappa shape index (κ1) is 18.5. The van der Waals surface area contributed by atoms with E-state index in [1.807, 2.05) is 84.9 Å². The largest absolute Gasteiger partial charge is 0.383 e.